The van der Waals surface area contributed by atoms with Crippen molar-refractivity contribution in [2.75, 3.05) is 19.0 Å². The zero-order chi connectivity index (χ0) is 22.4. The third-order valence-corrected chi connectivity index (χ3v) is 3.99. The molecule has 2 saturated heterocycles. The van der Waals surface area contributed by atoms with E-state index in [1.54, 1.807) is 19.0 Å². The van der Waals surface area contributed by atoms with Crippen LogP contribution >= 0.6 is 0 Å². The molecule has 2 fully saturated rings. The van der Waals surface area contributed by atoms with Crippen molar-refractivity contribution in [1.29, 1.82) is 0 Å². The Balaban J connectivity index is 1.99. The lowest BCUT2D eigenvalue weighted by Gasteiger charge is -2.29. The van der Waals surface area contributed by atoms with Gasteiger partial charge in [0.1, 0.15) is 16.9 Å². The Labute approximate surface area is 172 Å². The van der Waals surface area contributed by atoms with Gasteiger partial charge in [0.05, 0.1) is 0 Å². The summed E-state index contributed by atoms with van der Waals surface area (Å²) in [5.74, 6) is -5.77. The fourth-order valence-electron chi connectivity index (χ4n) is 2.79. The molecule has 0 atom stereocenters. The van der Waals surface area contributed by atoms with E-state index in [1.165, 1.54) is 39.8 Å². The van der Waals surface area contributed by atoms with Crippen LogP contribution in [-0.2, 0) is 38.1 Å². The van der Waals surface area contributed by atoms with Gasteiger partial charge in [-0.15, -0.1) is 0 Å². The summed E-state index contributed by atoms with van der Waals surface area (Å²) in [5.41, 5.74) is -0.352. The number of carbonyl (C=O) groups is 4. The zero-order valence-electron chi connectivity index (χ0n) is 17.4. The van der Waals surface area contributed by atoms with Gasteiger partial charge in [-0.1, -0.05) is 0 Å². The van der Waals surface area contributed by atoms with Crippen molar-refractivity contribution in [3.8, 4) is 0 Å². The Bertz CT molecular complexity index is 963. The van der Waals surface area contributed by atoms with Crippen LogP contribution in [0.5, 0.6) is 0 Å². The van der Waals surface area contributed by atoms with Gasteiger partial charge in [0.2, 0.25) is 5.88 Å². The Morgan fingerprint density at radius 3 is 1.53 bits per heavy atom. The summed E-state index contributed by atoms with van der Waals surface area (Å²) in [6, 6.07) is 1.44. The van der Waals surface area contributed by atoms with E-state index in [0.29, 0.717) is 5.56 Å². The van der Waals surface area contributed by atoms with Crippen LogP contribution in [0.15, 0.2) is 21.6 Å². The van der Waals surface area contributed by atoms with Gasteiger partial charge in [0.25, 0.3) is 11.6 Å². The van der Waals surface area contributed by atoms with Crippen LogP contribution in [0.2, 0.25) is 0 Å². The quantitative estimate of drug-likeness (QED) is 0.407. The molecule has 3 heterocycles. The maximum atomic E-state index is 12.2. The van der Waals surface area contributed by atoms with E-state index in [9.17, 15) is 19.2 Å². The number of rotatable bonds is 3. The normalized spacial score (nSPS) is 20.1. The van der Waals surface area contributed by atoms with Crippen LogP contribution in [-0.4, -0.2) is 49.5 Å². The number of carbonyl (C=O) groups excluding carboxylic acids is 4. The number of hydrogen-bond donors (Lipinski definition) is 0. The van der Waals surface area contributed by atoms with Crippen molar-refractivity contribution < 1.29 is 42.5 Å². The summed E-state index contributed by atoms with van der Waals surface area (Å²) < 4.78 is 25.9. The Kier molecular flexibility index (Phi) is 4.97. The Morgan fingerprint density at radius 1 is 0.733 bits per heavy atom. The van der Waals surface area contributed by atoms with Crippen molar-refractivity contribution in [3.63, 3.8) is 0 Å². The van der Waals surface area contributed by atoms with E-state index in [2.05, 4.69) is 0 Å². The molecule has 0 N–H and O–H groups in total. The SMILES string of the molecule is CN(C)c1oc(C=C2C(=O)OC(C)(C)OC2=O)cc1C=C1C(=O)OC(C)(C)OC1=O. The second-order valence-electron chi connectivity index (χ2n) is 7.78. The van der Waals surface area contributed by atoms with Gasteiger partial charge in [-0.2, -0.15) is 0 Å². The largest absolute Gasteiger partial charge is 0.441 e. The van der Waals surface area contributed by atoms with E-state index in [1.807, 2.05) is 0 Å². The molecular weight excluding hydrogens is 398 g/mol. The summed E-state index contributed by atoms with van der Waals surface area (Å²) in [6.07, 6.45) is 2.41. The van der Waals surface area contributed by atoms with E-state index < -0.39 is 35.5 Å². The summed E-state index contributed by atoms with van der Waals surface area (Å²) in [4.78, 5) is 50.3. The summed E-state index contributed by atoms with van der Waals surface area (Å²) in [5, 5.41) is 0. The second-order valence-corrected chi connectivity index (χ2v) is 7.78. The summed E-state index contributed by atoms with van der Waals surface area (Å²) in [6.45, 7) is 5.75. The van der Waals surface area contributed by atoms with Gasteiger partial charge in [0.15, 0.2) is 0 Å². The monoisotopic (exact) mass is 419 g/mol. The fourth-order valence-corrected chi connectivity index (χ4v) is 2.79. The summed E-state index contributed by atoms with van der Waals surface area (Å²) in [7, 11) is 3.34. The van der Waals surface area contributed by atoms with Crippen molar-refractivity contribution in [2.24, 2.45) is 0 Å². The molecule has 1 aromatic rings. The minimum Gasteiger partial charge on any atom is -0.441 e. The molecule has 2 aliphatic rings. The highest BCUT2D eigenvalue weighted by Gasteiger charge is 2.40. The molecule has 10 heteroatoms. The molecule has 160 valence electrons. The number of ether oxygens (including phenoxy) is 4. The first-order valence-electron chi connectivity index (χ1n) is 8.96. The van der Waals surface area contributed by atoms with Crippen LogP contribution in [0.3, 0.4) is 0 Å². The molecule has 0 aliphatic carbocycles. The van der Waals surface area contributed by atoms with E-state index in [4.69, 9.17) is 23.4 Å². The predicted octanol–water partition coefficient (Wildman–Crippen LogP) is 1.78. The maximum Gasteiger partial charge on any atom is 0.348 e. The standard InChI is InChI=1S/C20H21NO9/c1-19(2)27-15(22)12(16(23)28-19)8-10-7-11(26-14(10)21(5)6)9-13-17(24)29-20(3,4)30-18(13)25/h7-9H,1-6H3. The Morgan fingerprint density at radius 2 is 1.13 bits per heavy atom. The zero-order valence-corrected chi connectivity index (χ0v) is 17.4. The molecule has 0 radical (unpaired) electrons. The first kappa shape index (κ1) is 21.2. The third-order valence-electron chi connectivity index (χ3n) is 3.99. The molecule has 30 heavy (non-hydrogen) atoms. The topological polar surface area (TPSA) is 122 Å². The van der Waals surface area contributed by atoms with Crippen LogP contribution in [0.25, 0.3) is 12.2 Å². The molecule has 1 aromatic heterocycles. The highest BCUT2D eigenvalue weighted by atomic mass is 16.7. The fraction of sp³-hybridized carbons (Fsp3) is 0.400. The molecule has 0 spiro atoms. The predicted molar refractivity (Wildman–Crippen MR) is 102 cm³/mol. The highest BCUT2D eigenvalue weighted by Crippen LogP contribution is 2.31. The molecule has 0 bridgehead atoms. The molecule has 2 aliphatic heterocycles. The molecule has 0 aromatic carbocycles. The lowest BCUT2D eigenvalue weighted by atomic mass is 10.1. The van der Waals surface area contributed by atoms with Gasteiger partial charge < -0.3 is 28.3 Å². The number of anilines is 1. The molecule has 0 unspecified atom stereocenters. The van der Waals surface area contributed by atoms with Gasteiger partial charge in [-0.05, 0) is 12.1 Å². The molecule has 0 amide bonds. The molecule has 10 nitrogen and oxygen atoms in total. The second kappa shape index (κ2) is 7.05. The number of furan rings is 1. The van der Waals surface area contributed by atoms with E-state index in [0.717, 1.165) is 6.08 Å². The minimum absolute atomic E-state index is 0.104. The lowest BCUT2D eigenvalue weighted by Crippen LogP contribution is -2.41. The number of esters is 4. The van der Waals surface area contributed by atoms with E-state index in [-0.39, 0.29) is 22.8 Å². The number of cyclic esters (lactones) is 4. The van der Waals surface area contributed by atoms with Crippen molar-refractivity contribution >= 4 is 41.9 Å². The Hall–Kier alpha value is -3.56. The van der Waals surface area contributed by atoms with E-state index >= 15 is 0 Å². The first-order valence-corrected chi connectivity index (χ1v) is 8.96. The molecular formula is C20H21NO9. The van der Waals surface area contributed by atoms with Crippen molar-refractivity contribution in [3.05, 3.63) is 28.5 Å². The lowest BCUT2D eigenvalue weighted by molar-refractivity contribution is -0.224. The van der Waals surface area contributed by atoms with Crippen LogP contribution < -0.4 is 4.90 Å². The molecule has 3 rings (SSSR count). The average Bonchev–Trinajstić information content (AvgIpc) is 2.95. The van der Waals surface area contributed by atoms with Crippen LogP contribution in [0.1, 0.15) is 39.0 Å². The van der Waals surface area contributed by atoms with Crippen molar-refractivity contribution in [1.82, 2.24) is 0 Å². The average molecular weight is 419 g/mol. The van der Waals surface area contributed by atoms with Gasteiger partial charge in [0, 0.05) is 53.4 Å². The van der Waals surface area contributed by atoms with Crippen LogP contribution in [0, 0.1) is 0 Å². The third kappa shape index (κ3) is 4.22. The number of hydrogen-bond acceptors (Lipinski definition) is 10. The minimum atomic E-state index is -1.37. The molecule has 0 saturated carbocycles. The van der Waals surface area contributed by atoms with Crippen molar-refractivity contribution in [2.45, 2.75) is 39.3 Å². The first-order chi connectivity index (χ1) is 13.8. The van der Waals surface area contributed by atoms with Gasteiger partial charge >= 0.3 is 23.9 Å². The summed E-state index contributed by atoms with van der Waals surface area (Å²) >= 11 is 0. The van der Waals surface area contributed by atoms with Gasteiger partial charge in [-0.25, -0.2) is 19.2 Å². The smallest absolute Gasteiger partial charge is 0.348 e. The van der Waals surface area contributed by atoms with Crippen LogP contribution in [0.4, 0.5) is 5.88 Å². The maximum absolute atomic E-state index is 12.2. The highest BCUT2D eigenvalue weighted by molar-refractivity contribution is 6.20. The number of nitrogens with zero attached hydrogens (tertiary/aromatic N) is 1. The van der Waals surface area contributed by atoms with Gasteiger partial charge in [-0.3, -0.25) is 0 Å².